The SMILES string of the molecule is Cl.Cl.NCc1ccc2c(c1)CCCN2. The van der Waals surface area contributed by atoms with Crippen LogP contribution in [0.15, 0.2) is 18.2 Å². The normalized spacial score (nSPS) is 12.9. The third kappa shape index (κ3) is 2.77. The number of anilines is 1. The van der Waals surface area contributed by atoms with Crippen LogP contribution in [0.3, 0.4) is 0 Å². The average molecular weight is 235 g/mol. The highest BCUT2D eigenvalue weighted by molar-refractivity contribution is 5.85. The summed E-state index contributed by atoms with van der Waals surface area (Å²) in [6, 6.07) is 6.44. The molecule has 1 aromatic rings. The first-order valence-corrected chi connectivity index (χ1v) is 4.46. The van der Waals surface area contributed by atoms with E-state index in [2.05, 4.69) is 23.5 Å². The predicted octanol–water partition coefficient (Wildman–Crippen LogP) is 2.35. The van der Waals surface area contributed by atoms with Crippen LogP contribution in [-0.4, -0.2) is 6.54 Å². The molecule has 0 spiro atoms. The summed E-state index contributed by atoms with van der Waals surface area (Å²) in [5.74, 6) is 0. The van der Waals surface area contributed by atoms with Crippen molar-refractivity contribution in [2.75, 3.05) is 11.9 Å². The number of rotatable bonds is 1. The van der Waals surface area contributed by atoms with Gasteiger partial charge in [0.25, 0.3) is 0 Å². The van der Waals surface area contributed by atoms with E-state index in [-0.39, 0.29) is 24.8 Å². The van der Waals surface area contributed by atoms with Crippen molar-refractivity contribution in [2.24, 2.45) is 5.73 Å². The molecule has 1 aliphatic heterocycles. The molecule has 0 saturated heterocycles. The quantitative estimate of drug-likeness (QED) is 0.784. The van der Waals surface area contributed by atoms with Gasteiger partial charge in [0.1, 0.15) is 0 Å². The van der Waals surface area contributed by atoms with Crippen LogP contribution in [0.5, 0.6) is 0 Å². The second kappa shape index (κ2) is 6.12. The minimum atomic E-state index is 0. The highest BCUT2D eigenvalue weighted by Crippen LogP contribution is 2.22. The van der Waals surface area contributed by atoms with E-state index in [1.54, 1.807) is 0 Å². The monoisotopic (exact) mass is 234 g/mol. The number of fused-ring (bicyclic) bond motifs is 1. The van der Waals surface area contributed by atoms with Crippen molar-refractivity contribution >= 4 is 30.5 Å². The molecular weight excluding hydrogens is 219 g/mol. The maximum absolute atomic E-state index is 5.56. The Hall–Kier alpha value is -0.440. The molecule has 1 aromatic carbocycles. The molecule has 0 unspecified atom stereocenters. The fourth-order valence-corrected chi connectivity index (χ4v) is 1.66. The Labute approximate surface area is 97.1 Å². The lowest BCUT2D eigenvalue weighted by molar-refractivity contribution is 0.827. The Kier molecular flexibility index (Phi) is 5.93. The molecular formula is C10H16Cl2N2. The number of aryl methyl sites for hydroxylation is 1. The molecule has 80 valence electrons. The van der Waals surface area contributed by atoms with Gasteiger partial charge in [-0.15, -0.1) is 24.8 Å². The minimum absolute atomic E-state index is 0. The van der Waals surface area contributed by atoms with Crippen LogP contribution in [0.25, 0.3) is 0 Å². The highest BCUT2D eigenvalue weighted by Gasteiger charge is 2.07. The summed E-state index contributed by atoms with van der Waals surface area (Å²) in [6.45, 7) is 1.75. The smallest absolute Gasteiger partial charge is 0.0372 e. The van der Waals surface area contributed by atoms with Crippen LogP contribution < -0.4 is 11.1 Å². The molecule has 3 N–H and O–H groups in total. The molecule has 1 aliphatic rings. The van der Waals surface area contributed by atoms with Gasteiger partial charge in [0.05, 0.1) is 0 Å². The lowest BCUT2D eigenvalue weighted by atomic mass is 10.0. The van der Waals surface area contributed by atoms with Crippen LogP contribution >= 0.6 is 24.8 Å². The zero-order chi connectivity index (χ0) is 8.39. The van der Waals surface area contributed by atoms with Gasteiger partial charge in [-0.05, 0) is 30.0 Å². The van der Waals surface area contributed by atoms with Crippen LogP contribution in [0, 0.1) is 0 Å². The summed E-state index contributed by atoms with van der Waals surface area (Å²) in [4.78, 5) is 0. The zero-order valence-corrected chi connectivity index (χ0v) is 9.59. The second-order valence-corrected chi connectivity index (χ2v) is 3.23. The van der Waals surface area contributed by atoms with E-state index in [4.69, 9.17) is 5.73 Å². The summed E-state index contributed by atoms with van der Waals surface area (Å²) in [5, 5.41) is 3.37. The lowest BCUT2D eigenvalue weighted by Gasteiger charge is -2.18. The van der Waals surface area contributed by atoms with E-state index in [1.165, 1.54) is 29.7 Å². The molecule has 2 rings (SSSR count). The van der Waals surface area contributed by atoms with Crippen LogP contribution in [0.4, 0.5) is 5.69 Å². The fourth-order valence-electron chi connectivity index (χ4n) is 1.66. The van der Waals surface area contributed by atoms with Gasteiger partial charge in [0, 0.05) is 18.8 Å². The van der Waals surface area contributed by atoms with Crippen LogP contribution in [0.2, 0.25) is 0 Å². The lowest BCUT2D eigenvalue weighted by Crippen LogP contribution is -2.12. The van der Waals surface area contributed by atoms with Gasteiger partial charge in [-0.25, -0.2) is 0 Å². The number of nitrogens with one attached hydrogen (secondary N) is 1. The first-order valence-electron chi connectivity index (χ1n) is 4.46. The summed E-state index contributed by atoms with van der Waals surface area (Å²) in [6.07, 6.45) is 2.43. The molecule has 0 aliphatic carbocycles. The van der Waals surface area contributed by atoms with Crippen molar-refractivity contribution in [3.8, 4) is 0 Å². The van der Waals surface area contributed by atoms with Crippen LogP contribution in [0.1, 0.15) is 17.5 Å². The molecule has 0 bridgehead atoms. The first-order chi connectivity index (χ1) is 5.90. The average Bonchev–Trinajstić information content (AvgIpc) is 2.17. The standard InChI is InChI=1S/C10H14N2.2ClH/c11-7-8-3-4-10-9(6-8)2-1-5-12-10;;/h3-4,6,12H,1-2,5,7,11H2;2*1H. The van der Waals surface area contributed by atoms with E-state index in [9.17, 15) is 0 Å². The molecule has 0 atom stereocenters. The number of benzene rings is 1. The van der Waals surface area contributed by atoms with Gasteiger partial charge < -0.3 is 11.1 Å². The molecule has 0 amide bonds. The van der Waals surface area contributed by atoms with Crippen LogP contribution in [-0.2, 0) is 13.0 Å². The molecule has 0 saturated carbocycles. The topological polar surface area (TPSA) is 38.0 Å². The van der Waals surface area contributed by atoms with E-state index >= 15 is 0 Å². The molecule has 2 nitrogen and oxygen atoms in total. The Bertz CT molecular complexity index is 289. The summed E-state index contributed by atoms with van der Waals surface area (Å²) in [5.41, 5.74) is 9.51. The number of halogens is 2. The van der Waals surface area contributed by atoms with Gasteiger partial charge in [-0.3, -0.25) is 0 Å². The minimum Gasteiger partial charge on any atom is -0.385 e. The Morgan fingerprint density at radius 1 is 1.29 bits per heavy atom. The van der Waals surface area contributed by atoms with Gasteiger partial charge in [-0.2, -0.15) is 0 Å². The zero-order valence-electron chi connectivity index (χ0n) is 7.95. The van der Waals surface area contributed by atoms with Crippen molar-refractivity contribution in [1.82, 2.24) is 0 Å². The van der Waals surface area contributed by atoms with E-state index in [1.807, 2.05) is 0 Å². The third-order valence-corrected chi connectivity index (χ3v) is 2.34. The number of hydrogen-bond donors (Lipinski definition) is 2. The second-order valence-electron chi connectivity index (χ2n) is 3.23. The van der Waals surface area contributed by atoms with Gasteiger partial charge in [0.2, 0.25) is 0 Å². The third-order valence-electron chi connectivity index (χ3n) is 2.34. The Morgan fingerprint density at radius 2 is 2.07 bits per heavy atom. The van der Waals surface area contributed by atoms with Crippen molar-refractivity contribution in [3.63, 3.8) is 0 Å². The highest BCUT2D eigenvalue weighted by atomic mass is 35.5. The van der Waals surface area contributed by atoms with Gasteiger partial charge in [-0.1, -0.05) is 12.1 Å². The largest absolute Gasteiger partial charge is 0.385 e. The first kappa shape index (κ1) is 13.6. The number of hydrogen-bond acceptors (Lipinski definition) is 2. The molecule has 14 heavy (non-hydrogen) atoms. The van der Waals surface area contributed by atoms with E-state index in [0.29, 0.717) is 6.54 Å². The Morgan fingerprint density at radius 3 is 2.79 bits per heavy atom. The molecule has 0 fully saturated rings. The van der Waals surface area contributed by atoms with Crippen molar-refractivity contribution < 1.29 is 0 Å². The summed E-state index contributed by atoms with van der Waals surface area (Å²) >= 11 is 0. The molecule has 0 aromatic heterocycles. The molecule has 0 radical (unpaired) electrons. The van der Waals surface area contributed by atoms with Crippen molar-refractivity contribution in [3.05, 3.63) is 29.3 Å². The maximum Gasteiger partial charge on any atom is 0.0372 e. The molecule has 1 heterocycles. The van der Waals surface area contributed by atoms with Gasteiger partial charge >= 0.3 is 0 Å². The van der Waals surface area contributed by atoms with E-state index < -0.39 is 0 Å². The van der Waals surface area contributed by atoms with Gasteiger partial charge in [0.15, 0.2) is 0 Å². The van der Waals surface area contributed by atoms with E-state index in [0.717, 1.165) is 6.54 Å². The van der Waals surface area contributed by atoms with Crippen molar-refractivity contribution in [2.45, 2.75) is 19.4 Å². The summed E-state index contributed by atoms with van der Waals surface area (Å²) in [7, 11) is 0. The predicted molar refractivity (Wildman–Crippen MR) is 65.6 cm³/mol. The Balaban J connectivity index is 0.000000845. The molecule has 4 heteroatoms. The number of nitrogens with two attached hydrogens (primary N) is 1. The summed E-state index contributed by atoms with van der Waals surface area (Å²) < 4.78 is 0. The van der Waals surface area contributed by atoms with Crippen molar-refractivity contribution in [1.29, 1.82) is 0 Å². The maximum atomic E-state index is 5.56. The fraction of sp³-hybridized carbons (Fsp3) is 0.400.